The molecular weight excluding hydrogens is 430 g/mol. The third kappa shape index (κ3) is 5.08. The summed E-state index contributed by atoms with van der Waals surface area (Å²) in [6, 6.07) is 3.40. The van der Waals surface area contributed by atoms with E-state index in [0.717, 1.165) is 12.1 Å². The highest BCUT2D eigenvalue weighted by atomic mass is 32.2. The number of sulfonamides is 1. The van der Waals surface area contributed by atoms with Crippen LogP contribution in [-0.4, -0.2) is 41.3 Å². The van der Waals surface area contributed by atoms with Crippen LogP contribution in [0.5, 0.6) is 0 Å². The number of aromatic amines is 1. The minimum Gasteiger partial charge on any atom is -0.366 e. The van der Waals surface area contributed by atoms with Crippen molar-refractivity contribution in [2.75, 3.05) is 21.1 Å². The van der Waals surface area contributed by atoms with Crippen LogP contribution in [0.1, 0.15) is 37.6 Å². The quantitative estimate of drug-likeness (QED) is 0.414. The van der Waals surface area contributed by atoms with Crippen molar-refractivity contribution < 1.29 is 22.0 Å². The van der Waals surface area contributed by atoms with Crippen LogP contribution in [0.25, 0.3) is 11.0 Å². The molecule has 2 aromatic heterocycles. The van der Waals surface area contributed by atoms with Gasteiger partial charge in [-0.05, 0) is 38.5 Å². The molecule has 0 spiro atoms. The number of anilines is 3. The molecule has 0 aliphatic heterocycles. The van der Waals surface area contributed by atoms with Gasteiger partial charge in [-0.15, -0.1) is 0 Å². The molecule has 4 N–H and O–H groups in total. The topological polar surface area (TPSA) is 129 Å². The molecule has 12 heteroatoms. The van der Waals surface area contributed by atoms with Crippen molar-refractivity contribution in [2.24, 2.45) is 0 Å². The van der Waals surface area contributed by atoms with Gasteiger partial charge >= 0.3 is 0 Å². The first-order valence-corrected chi connectivity index (χ1v) is 11.2. The Morgan fingerprint density at radius 3 is 2.68 bits per heavy atom. The number of nitrogens with one attached hydrogen (secondary N) is 4. The molecule has 166 valence electrons. The fourth-order valence-electron chi connectivity index (χ4n) is 2.88. The van der Waals surface area contributed by atoms with Gasteiger partial charge in [-0.3, -0.25) is 14.6 Å². The van der Waals surface area contributed by atoms with Crippen molar-refractivity contribution in [3.8, 4) is 0 Å². The Kier molecular flexibility index (Phi) is 6.39. The Morgan fingerprint density at radius 2 is 2.00 bits per heavy atom. The average molecular weight is 452 g/mol. The molecule has 31 heavy (non-hydrogen) atoms. The molecule has 0 atom stereocenters. The average Bonchev–Trinajstić information content (AvgIpc) is 3.05. The van der Waals surface area contributed by atoms with Crippen LogP contribution in [-0.2, 0) is 10.0 Å². The molecule has 0 fully saturated rings. The Morgan fingerprint density at radius 1 is 1.26 bits per heavy atom. The number of H-pyrrole nitrogens is 1. The number of halogens is 2. The zero-order chi connectivity index (χ0) is 22.8. The highest BCUT2D eigenvalue weighted by Crippen LogP contribution is 2.26. The van der Waals surface area contributed by atoms with Crippen molar-refractivity contribution in [3.63, 3.8) is 0 Å². The molecule has 9 nitrogen and oxygen atoms in total. The van der Waals surface area contributed by atoms with E-state index < -0.39 is 38.8 Å². The van der Waals surface area contributed by atoms with E-state index in [2.05, 4.69) is 25.8 Å². The number of hydrogen-bond acceptors (Lipinski definition) is 6. The number of carbonyl (C=O) groups is 1. The Labute approximate surface area is 177 Å². The minimum absolute atomic E-state index is 0.0900. The fourth-order valence-corrected chi connectivity index (χ4v) is 4.01. The number of aromatic nitrogens is 3. The van der Waals surface area contributed by atoms with Gasteiger partial charge in [-0.2, -0.15) is 5.10 Å². The zero-order valence-corrected chi connectivity index (χ0v) is 17.9. The minimum atomic E-state index is -3.83. The summed E-state index contributed by atoms with van der Waals surface area (Å²) in [5.74, 6) is -3.26. The van der Waals surface area contributed by atoms with Crippen LogP contribution in [0.2, 0.25) is 0 Å². The lowest BCUT2D eigenvalue weighted by Gasteiger charge is -2.12. The second-order valence-electron chi connectivity index (χ2n) is 7.15. The van der Waals surface area contributed by atoms with Gasteiger partial charge in [0.15, 0.2) is 17.3 Å². The lowest BCUT2D eigenvalue weighted by molar-refractivity contribution is 0.101. The summed E-state index contributed by atoms with van der Waals surface area (Å²) in [4.78, 5) is 16.7. The Hall–Kier alpha value is -3.28. The van der Waals surface area contributed by atoms with Crippen molar-refractivity contribution in [2.45, 2.75) is 33.2 Å². The SMILES string of the molecule is CCCS(=O)(=O)Nc1ccc(F)c(C(=O)Nc2cnc3[nH]nc(NC(C)C)c3c2)c1F. The number of nitrogens with zero attached hydrogens (tertiary/aromatic N) is 2. The molecule has 0 unspecified atom stereocenters. The number of amides is 1. The van der Waals surface area contributed by atoms with Crippen LogP contribution >= 0.6 is 0 Å². The Bertz CT molecular complexity index is 1230. The maximum Gasteiger partial charge on any atom is 0.261 e. The van der Waals surface area contributed by atoms with E-state index in [9.17, 15) is 22.0 Å². The van der Waals surface area contributed by atoms with Gasteiger partial charge in [0, 0.05) is 6.04 Å². The van der Waals surface area contributed by atoms with E-state index >= 15 is 0 Å². The first-order chi connectivity index (χ1) is 14.6. The van der Waals surface area contributed by atoms with E-state index in [1.165, 1.54) is 6.20 Å². The monoisotopic (exact) mass is 452 g/mol. The van der Waals surface area contributed by atoms with Gasteiger partial charge in [-0.25, -0.2) is 22.2 Å². The predicted octanol–water partition coefficient (Wildman–Crippen LogP) is 3.46. The van der Waals surface area contributed by atoms with E-state index in [0.29, 0.717) is 23.3 Å². The predicted molar refractivity (Wildman–Crippen MR) is 115 cm³/mol. The van der Waals surface area contributed by atoms with Crippen LogP contribution in [0.4, 0.5) is 26.0 Å². The molecule has 1 aromatic carbocycles. The molecule has 0 bridgehead atoms. The molecule has 2 heterocycles. The van der Waals surface area contributed by atoms with Crippen LogP contribution < -0.4 is 15.4 Å². The molecular formula is C19H22F2N6O3S. The zero-order valence-electron chi connectivity index (χ0n) is 17.1. The summed E-state index contributed by atoms with van der Waals surface area (Å²) in [5, 5.41) is 12.9. The van der Waals surface area contributed by atoms with Gasteiger partial charge in [0.25, 0.3) is 5.91 Å². The fraction of sp³-hybridized carbons (Fsp3) is 0.316. The molecule has 0 saturated heterocycles. The standard InChI is InChI=1S/C19H22F2N6O3S/c1-4-7-31(29,30)27-14-6-5-13(20)15(16(14)21)19(28)24-11-8-12-17(22-9-11)25-26-18(12)23-10(2)3/h5-6,8-10,27H,4,7H2,1-3H3,(H,24,28)(H2,22,23,25,26). The van der Waals surface area contributed by atoms with Gasteiger partial charge in [-0.1, -0.05) is 6.92 Å². The number of hydrogen-bond donors (Lipinski definition) is 4. The summed E-state index contributed by atoms with van der Waals surface area (Å²) >= 11 is 0. The molecule has 0 aliphatic carbocycles. The molecule has 0 aliphatic rings. The second-order valence-corrected chi connectivity index (χ2v) is 8.99. The summed E-state index contributed by atoms with van der Waals surface area (Å²) in [6.45, 7) is 5.49. The number of carbonyl (C=O) groups excluding carboxylic acids is 1. The van der Waals surface area contributed by atoms with Crippen LogP contribution in [0.15, 0.2) is 24.4 Å². The lowest BCUT2D eigenvalue weighted by Crippen LogP contribution is -2.20. The van der Waals surface area contributed by atoms with Crippen molar-refractivity contribution in [1.29, 1.82) is 0 Å². The maximum absolute atomic E-state index is 14.8. The maximum atomic E-state index is 14.8. The van der Waals surface area contributed by atoms with Crippen LogP contribution in [0.3, 0.4) is 0 Å². The largest absolute Gasteiger partial charge is 0.366 e. The summed E-state index contributed by atoms with van der Waals surface area (Å²) < 4.78 is 54.9. The third-order valence-corrected chi connectivity index (χ3v) is 5.63. The van der Waals surface area contributed by atoms with Gasteiger partial charge in [0.2, 0.25) is 10.0 Å². The number of pyridine rings is 1. The molecule has 0 saturated carbocycles. The molecule has 3 aromatic rings. The number of rotatable bonds is 8. The van der Waals surface area contributed by atoms with Crippen molar-refractivity contribution >= 4 is 44.2 Å². The van der Waals surface area contributed by atoms with Crippen molar-refractivity contribution in [3.05, 3.63) is 41.6 Å². The van der Waals surface area contributed by atoms with E-state index in [4.69, 9.17) is 0 Å². The van der Waals surface area contributed by atoms with Gasteiger partial charge in [0.1, 0.15) is 11.4 Å². The normalized spacial score (nSPS) is 11.7. The van der Waals surface area contributed by atoms with E-state index in [1.807, 2.05) is 18.6 Å². The van der Waals surface area contributed by atoms with Gasteiger partial charge < -0.3 is 10.6 Å². The highest BCUT2D eigenvalue weighted by Gasteiger charge is 2.23. The lowest BCUT2D eigenvalue weighted by atomic mass is 10.1. The molecule has 3 rings (SSSR count). The number of benzene rings is 1. The number of fused-ring (bicyclic) bond motifs is 1. The van der Waals surface area contributed by atoms with Crippen molar-refractivity contribution in [1.82, 2.24) is 15.2 Å². The summed E-state index contributed by atoms with van der Waals surface area (Å²) in [7, 11) is -3.83. The van der Waals surface area contributed by atoms with E-state index in [1.54, 1.807) is 13.0 Å². The summed E-state index contributed by atoms with van der Waals surface area (Å²) in [5.41, 5.74) is -0.774. The first-order valence-electron chi connectivity index (χ1n) is 9.51. The molecule has 0 radical (unpaired) electrons. The first kappa shape index (κ1) is 22.4. The molecule has 1 amide bonds. The highest BCUT2D eigenvalue weighted by molar-refractivity contribution is 7.92. The summed E-state index contributed by atoms with van der Waals surface area (Å²) in [6.07, 6.45) is 1.61. The van der Waals surface area contributed by atoms with Crippen LogP contribution in [0, 0.1) is 11.6 Å². The van der Waals surface area contributed by atoms with Gasteiger partial charge in [0.05, 0.1) is 28.7 Å². The Balaban J connectivity index is 1.90. The smallest absolute Gasteiger partial charge is 0.261 e. The van der Waals surface area contributed by atoms with E-state index in [-0.39, 0.29) is 17.5 Å². The third-order valence-electron chi connectivity index (χ3n) is 4.16. The second kappa shape index (κ2) is 8.84.